The predicted octanol–water partition coefficient (Wildman–Crippen LogP) is 6.23. The molecule has 1 saturated heterocycles. The van der Waals surface area contributed by atoms with Crippen molar-refractivity contribution in [3.63, 3.8) is 0 Å². The lowest BCUT2D eigenvalue weighted by Crippen LogP contribution is -2.38. The molecule has 0 spiro atoms. The minimum atomic E-state index is -0.167. The van der Waals surface area contributed by atoms with E-state index in [2.05, 4.69) is 20.5 Å². The molecule has 194 valence electrons. The molecule has 1 aliphatic rings. The van der Waals surface area contributed by atoms with Crippen molar-refractivity contribution in [1.29, 1.82) is 0 Å². The zero-order valence-corrected chi connectivity index (χ0v) is 22.8. The van der Waals surface area contributed by atoms with E-state index in [1.165, 1.54) is 6.08 Å². The molecule has 0 aliphatic carbocycles. The van der Waals surface area contributed by atoms with E-state index in [-0.39, 0.29) is 22.2 Å². The lowest BCUT2D eigenvalue weighted by molar-refractivity contribution is -0.116. The summed E-state index contributed by atoms with van der Waals surface area (Å²) in [4.78, 5) is 32.7. The van der Waals surface area contributed by atoms with Crippen molar-refractivity contribution < 1.29 is 9.59 Å². The van der Waals surface area contributed by atoms with Crippen LogP contribution in [0.3, 0.4) is 0 Å². The van der Waals surface area contributed by atoms with E-state index in [4.69, 9.17) is 46.4 Å². The number of carbonyl (C=O) groups excluding carboxylic acids is 2. The number of urea groups is 1. The molecule has 0 radical (unpaired) electrons. The van der Waals surface area contributed by atoms with Crippen LogP contribution in [0.25, 0.3) is 6.08 Å². The van der Waals surface area contributed by atoms with E-state index in [0.29, 0.717) is 35.4 Å². The number of nitrogens with zero attached hydrogens (tertiary/aromatic N) is 3. The Kier molecular flexibility index (Phi) is 11.6. The van der Waals surface area contributed by atoms with Gasteiger partial charge < -0.3 is 20.4 Å². The van der Waals surface area contributed by atoms with Gasteiger partial charge in [-0.1, -0.05) is 58.9 Å². The third-order valence-corrected chi connectivity index (χ3v) is 6.84. The molecule has 1 aromatic carbocycles. The van der Waals surface area contributed by atoms with Gasteiger partial charge in [-0.15, -0.1) is 0 Å². The molecule has 0 atom stereocenters. The Bertz CT molecular complexity index is 1060. The van der Waals surface area contributed by atoms with E-state index in [0.717, 1.165) is 50.9 Å². The van der Waals surface area contributed by atoms with Crippen molar-refractivity contribution in [2.45, 2.75) is 25.7 Å². The molecule has 1 fully saturated rings. The van der Waals surface area contributed by atoms with Gasteiger partial charge in [-0.05, 0) is 68.3 Å². The molecule has 36 heavy (non-hydrogen) atoms. The van der Waals surface area contributed by atoms with Crippen molar-refractivity contribution in [3.8, 4) is 0 Å². The molecular weight excluding hydrogens is 544 g/mol. The summed E-state index contributed by atoms with van der Waals surface area (Å²) in [5.74, 6) is -0.136. The van der Waals surface area contributed by atoms with Crippen LogP contribution in [-0.4, -0.2) is 66.0 Å². The van der Waals surface area contributed by atoms with Gasteiger partial charge >= 0.3 is 6.03 Å². The number of carbonyl (C=O) groups is 2. The molecule has 2 aromatic rings. The largest absolute Gasteiger partial charge is 0.353 e. The summed E-state index contributed by atoms with van der Waals surface area (Å²) in [5, 5.41) is 7.16. The second-order valence-corrected chi connectivity index (χ2v) is 10.1. The van der Waals surface area contributed by atoms with E-state index in [1.807, 2.05) is 4.90 Å². The van der Waals surface area contributed by atoms with Gasteiger partial charge in [-0.3, -0.25) is 4.79 Å². The van der Waals surface area contributed by atoms with Crippen LogP contribution in [0.5, 0.6) is 0 Å². The minimum absolute atomic E-state index is 0.136. The molecule has 3 rings (SSSR count). The highest BCUT2D eigenvalue weighted by Crippen LogP contribution is 2.23. The SMILES string of the molecule is O=C(/C=C/c1ccc(Cl)c(Cl)c1)NCCCCCN1CCCN(C(=O)Nc2cc(Cl)nc(Cl)c2)CC1. The van der Waals surface area contributed by atoms with Gasteiger partial charge in [0.05, 0.1) is 10.0 Å². The molecule has 0 unspecified atom stereocenters. The number of benzene rings is 1. The number of hydrogen-bond acceptors (Lipinski definition) is 4. The summed E-state index contributed by atoms with van der Waals surface area (Å²) >= 11 is 23.7. The number of halogens is 4. The van der Waals surface area contributed by atoms with Crippen LogP contribution in [0, 0.1) is 0 Å². The van der Waals surface area contributed by atoms with Crippen LogP contribution in [0.2, 0.25) is 20.4 Å². The normalized spacial score (nSPS) is 14.6. The maximum Gasteiger partial charge on any atom is 0.321 e. The van der Waals surface area contributed by atoms with E-state index in [1.54, 1.807) is 36.4 Å². The molecule has 2 N–H and O–H groups in total. The molecule has 7 nitrogen and oxygen atoms in total. The van der Waals surface area contributed by atoms with Crippen LogP contribution >= 0.6 is 46.4 Å². The first-order chi connectivity index (χ1) is 17.3. The fourth-order valence-electron chi connectivity index (χ4n) is 3.83. The van der Waals surface area contributed by atoms with Gasteiger partial charge in [0.1, 0.15) is 10.3 Å². The monoisotopic (exact) mass is 571 g/mol. The standard InChI is InChI=1S/C25H29Cl4N5O2/c26-20-7-5-18(15-21(20)27)6-8-24(35)30-9-2-1-3-10-33-11-4-12-34(14-13-33)25(36)31-19-16-22(28)32-23(29)17-19/h5-8,15-17H,1-4,9-14H2,(H,30,35)(H,31,32,36)/b8-6+. The van der Waals surface area contributed by atoms with Gasteiger partial charge in [-0.2, -0.15) is 0 Å². The Hall–Kier alpha value is -2.03. The third-order valence-electron chi connectivity index (χ3n) is 5.71. The molecule has 1 aromatic heterocycles. The molecular formula is C25H29Cl4N5O2. The fourth-order valence-corrected chi connectivity index (χ4v) is 4.60. The topological polar surface area (TPSA) is 77.6 Å². The van der Waals surface area contributed by atoms with Crippen molar-refractivity contribution in [3.05, 3.63) is 62.3 Å². The number of aromatic nitrogens is 1. The van der Waals surface area contributed by atoms with Gasteiger partial charge in [0.2, 0.25) is 5.91 Å². The molecule has 0 bridgehead atoms. The summed E-state index contributed by atoms with van der Waals surface area (Å²) in [6.07, 6.45) is 7.08. The molecule has 11 heteroatoms. The Labute approximate surface area is 231 Å². The second-order valence-electron chi connectivity index (χ2n) is 8.47. The Morgan fingerprint density at radius 3 is 2.44 bits per heavy atom. The van der Waals surface area contributed by atoms with Crippen LogP contribution in [-0.2, 0) is 4.79 Å². The molecule has 2 heterocycles. The van der Waals surface area contributed by atoms with Gasteiger partial charge in [0.15, 0.2) is 0 Å². The van der Waals surface area contributed by atoms with Gasteiger partial charge in [0.25, 0.3) is 0 Å². The first-order valence-corrected chi connectivity index (χ1v) is 13.3. The molecule has 3 amide bonds. The summed E-state index contributed by atoms with van der Waals surface area (Å²) in [6, 6.07) is 8.20. The van der Waals surface area contributed by atoms with Crippen LogP contribution in [0.15, 0.2) is 36.4 Å². The first kappa shape index (κ1) is 28.5. The Balaban J connectivity index is 1.29. The maximum absolute atomic E-state index is 12.6. The van der Waals surface area contributed by atoms with Crippen molar-refractivity contribution in [2.24, 2.45) is 0 Å². The van der Waals surface area contributed by atoms with Gasteiger partial charge in [0, 0.05) is 37.9 Å². The highest BCUT2D eigenvalue weighted by Gasteiger charge is 2.19. The first-order valence-electron chi connectivity index (χ1n) is 11.8. The highest BCUT2D eigenvalue weighted by molar-refractivity contribution is 6.42. The summed E-state index contributed by atoms with van der Waals surface area (Å²) < 4.78 is 0. The van der Waals surface area contributed by atoms with Crippen molar-refractivity contribution in [2.75, 3.05) is 44.6 Å². The summed E-state index contributed by atoms with van der Waals surface area (Å²) in [7, 11) is 0. The van der Waals surface area contributed by atoms with E-state index < -0.39 is 0 Å². The van der Waals surface area contributed by atoms with Crippen molar-refractivity contribution >= 4 is 70.1 Å². The number of rotatable bonds is 9. The molecule has 0 saturated carbocycles. The number of hydrogen-bond donors (Lipinski definition) is 2. The second kappa shape index (κ2) is 14.6. The number of nitrogens with one attached hydrogen (secondary N) is 2. The van der Waals surface area contributed by atoms with E-state index in [9.17, 15) is 9.59 Å². The lowest BCUT2D eigenvalue weighted by Gasteiger charge is -2.22. The zero-order chi connectivity index (χ0) is 25.9. The molecule has 1 aliphatic heterocycles. The Morgan fingerprint density at radius 2 is 1.69 bits per heavy atom. The lowest BCUT2D eigenvalue weighted by atomic mass is 10.2. The summed E-state index contributed by atoms with van der Waals surface area (Å²) in [6.45, 7) is 4.71. The zero-order valence-electron chi connectivity index (χ0n) is 19.8. The predicted molar refractivity (Wildman–Crippen MR) is 148 cm³/mol. The number of pyridine rings is 1. The average molecular weight is 573 g/mol. The van der Waals surface area contributed by atoms with Crippen LogP contribution in [0.1, 0.15) is 31.2 Å². The van der Waals surface area contributed by atoms with E-state index >= 15 is 0 Å². The fraction of sp³-hybridized carbons (Fsp3) is 0.400. The Morgan fingerprint density at radius 1 is 0.917 bits per heavy atom. The highest BCUT2D eigenvalue weighted by atomic mass is 35.5. The van der Waals surface area contributed by atoms with Gasteiger partial charge in [-0.25, -0.2) is 9.78 Å². The summed E-state index contributed by atoms with van der Waals surface area (Å²) in [5.41, 5.74) is 1.35. The minimum Gasteiger partial charge on any atom is -0.353 e. The van der Waals surface area contributed by atoms with Crippen LogP contribution in [0.4, 0.5) is 10.5 Å². The van der Waals surface area contributed by atoms with Crippen molar-refractivity contribution in [1.82, 2.24) is 20.1 Å². The smallest absolute Gasteiger partial charge is 0.321 e. The third kappa shape index (κ3) is 9.79. The van der Waals surface area contributed by atoms with Crippen LogP contribution < -0.4 is 10.6 Å². The maximum atomic E-state index is 12.6. The number of amides is 3. The number of unbranched alkanes of at least 4 members (excludes halogenated alkanes) is 2. The average Bonchev–Trinajstić information content (AvgIpc) is 3.07. The quantitative estimate of drug-likeness (QED) is 0.212. The number of anilines is 1.